The van der Waals surface area contributed by atoms with E-state index in [2.05, 4.69) is 20.9 Å². The highest BCUT2D eigenvalue weighted by molar-refractivity contribution is 5.76. The second kappa shape index (κ2) is 9.84. The van der Waals surface area contributed by atoms with Crippen LogP contribution in [-0.2, 0) is 16.1 Å². The summed E-state index contributed by atoms with van der Waals surface area (Å²) >= 11 is 0. The number of amides is 1. The number of rotatable bonds is 5. The molecule has 3 heterocycles. The number of likely N-dealkylation sites (tertiary alicyclic amines) is 1. The number of carbonyl (C=O) groups is 1. The van der Waals surface area contributed by atoms with Gasteiger partial charge in [-0.1, -0.05) is 38.2 Å². The molecule has 1 amide bonds. The Bertz CT molecular complexity index is 618. The largest absolute Gasteiger partial charge is 0.380 e. The standard InChI is InChI=1S/C23H35N3O2/c27-23(9-8-19-5-2-1-3-6-19)26-12-10-22-21(17-26)18-28-14-13-25(22)16-20-7-4-11-24-15-20/h4,7,11,15,19,21-22H,1-3,5-6,8-10,12-14,16-18H2/t21-,22-/m1/s1. The van der Waals surface area contributed by atoms with Crippen molar-refractivity contribution in [2.75, 3.05) is 32.8 Å². The van der Waals surface area contributed by atoms with Crippen LogP contribution in [0.4, 0.5) is 0 Å². The second-order valence-electron chi connectivity index (χ2n) is 8.91. The van der Waals surface area contributed by atoms with Gasteiger partial charge in [-0.3, -0.25) is 14.7 Å². The number of pyridine rings is 1. The number of ether oxygens (including phenoxy) is 1. The molecule has 0 spiro atoms. The highest BCUT2D eigenvalue weighted by Gasteiger charge is 2.36. The number of piperidine rings is 1. The monoisotopic (exact) mass is 385 g/mol. The van der Waals surface area contributed by atoms with Crippen LogP contribution in [0.5, 0.6) is 0 Å². The predicted molar refractivity (Wildman–Crippen MR) is 110 cm³/mol. The smallest absolute Gasteiger partial charge is 0.222 e. The first kappa shape index (κ1) is 19.8. The first-order valence-corrected chi connectivity index (χ1v) is 11.3. The summed E-state index contributed by atoms with van der Waals surface area (Å²) in [5, 5.41) is 0. The van der Waals surface area contributed by atoms with Gasteiger partial charge in [-0.2, -0.15) is 0 Å². The molecule has 154 valence electrons. The first-order chi connectivity index (χ1) is 13.8. The van der Waals surface area contributed by atoms with Crippen molar-refractivity contribution in [2.45, 2.75) is 64.0 Å². The molecule has 2 saturated heterocycles. The average molecular weight is 386 g/mol. The second-order valence-corrected chi connectivity index (χ2v) is 8.91. The van der Waals surface area contributed by atoms with Crippen molar-refractivity contribution in [2.24, 2.45) is 11.8 Å². The zero-order chi connectivity index (χ0) is 19.2. The van der Waals surface area contributed by atoms with Crippen LogP contribution in [0.25, 0.3) is 0 Å². The molecular formula is C23H35N3O2. The predicted octanol–water partition coefficient (Wildman–Crippen LogP) is 3.49. The Labute approximate surface area is 169 Å². The van der Waals surface area contributed by atoms with Crippen LogP contribution >= 0.6 is 0 Å². The van der Waals surface area contributed by atoms with Gasteiger partial charge in [0.1, 0.15) is 0 Å². The Morgan fingerprint density at radius 2 is 2.07 bits per heavy atom. The lowest BCUT2D eigenvalue weighted by Gasteiger charge is -2.42. The number of carbonyl (C=O) groups excluding carboxylic acids is 1. The SMILES string of the molecule is O=C(CCC1CCCCC1)N1CC[C@@H]2[C@@H](COCCN2Cc2cccnc2)C1. The Balaban J connectivity index is 1.31. The summed E-state index contributed by atoms with van der Waals surface area (Å²) in [5.41, 5.74) is 1.26. The van der Waals surface area contributed by atoms with Gasteiger partial charge in [0.2, 0.25) is 5.91 Å². The molecule has 4 rings (SSSR count). The van der Waals surface area contributed by atoms with E-state index in [1.54, 1.807) is 0 Å². The summed E-state index contributed by atoms with van der Waals surface area (Å²) in [6.07, 6.45) is 13.4. The van der Waals surface area contributed by atoms with Gasteiger partial charge >= 0.3 is 0 Å². The molecule has 5 nitrogen and oxygen atoms in total. The number of aromatic nitrogens is 1. The minimum absolute atomic E-state index is 0.368. The molecular weight excluding hydrogens is 350 g/mol. The van der Waals surface area contributed by atoms with Crippen LogP contribution in [0.15, 0.2) is 24.5 Å². The zero-order valence-corrected chi connectivity index (χ0v) is 17.1. The van der Waals surface area contributed by atoms with Crippen molar-refractivity contribution in [1.29, 1.82) is 0 Å². The molecule has 2 aliphatic heterocycles. The number of hydrogen-bond acceptors (Lipinski definition) is 4. The molecule has 28 heavy (non-hydrogen) atoms. The molecule has 1 saturated carbocycles. The lowest BCUT2D eigenvalue weighted by Crippen LogP contribution is -2.52. The van der Waals surface area contributed by atoms with Gasteiger partial charge in [0.25, 0.3) is 0 Å². The Hall–Kier alpha value is -1.46. The fourth-order valence-electron chi connectivity index (χ4n) is 5.36. The molecule has 1 aromatic rings. The van der Waals surface area contributed by atoms with Crippen LogP contribution in [0, 0.1) is 11.8 Å². The normalized spacial score (nSPS) is 27.2. The van der Waals surface area contributed by atoms with E-state index in [-0.39, 0.29) is 0 Å². The van der Waals surface area contributed by atoms with E-state index in [9.17, 15) is 4.79 Å². The number of fused-ring (bicyclic) bond motifs is 1. The fourth-order valence-corrected chi connectivity index (χ4v) is 5.36. The van der Waals surface area contributed by atoms with Crippen molar-refractivity contribution in [3.05, 3.63) is 30.1 Å². The van der Waals surface area contributed by atoms with Gasteiger partial charge in [-0.25, -0.2) is 0 Å². The molecule has 0 radical (unpaired) electrons. The maximum Gasteiger partial charge on any atom is 0.222 e. The third-order valence-corrected chi connectivity index (χ3v) is 6.97. The van der Waals surface area contributed by atoms with Crippen molar-refractivity contribution in [1.82, 2.24) is 14.8 Å². The average Bonchev–Trinajstić information content (AvgIpc) is 2.95. The van der Waals surface area contributed by atoms with E-state index in [1.807, 2.05) is 18.5 Å². The molecule has 5 heteroatoms. The minimum Gasteiger partial charge on any atom is -0.380 e. The lowest BCUT2D eigenvalue weighted by molar-refractivity contribution is -0.134. The van der Waals surface area contributed by atoms with Crippen molar-refractivity contribution < 1.29 is 9.53 Å². The summed E-state index contributed by atoms with van der Waals surface area (Å²) in [6, 6.07) is 4.66. The first-order valence-electron chi connectivity index (χ1n) is 11.3. The molecule has 1 aliphatic carbocycles. The van der Waals surface area contributed by atoms with Gasteiger partial charge in [-0.05, 0) is 30.4 Å². The van der Waals surface area contributed by atoms with Crippen LogP contribution in [0.1, 0.15) is 56.9 Å². The van der Waals surface area contributed by atoms with E-state index in [0.29, 0.717) is 17.9 Å². The van der Waals surface area contributed by atoms with E-state index < -0.39 is 0 Å². The van der Waals surface area contributed by atoms with E-state index >= 15 is 0 Å². The maximum absolute atomic E-state index is 12.8. The van der Waals surface area contributed by atoms with Gasteiger partial charge in [0.05, 0.1) is 13.2 Å². The Morgan fingerprint density at radius 1 is 1.18 bits per heavy atom. The van der Waals surface area contributed by atoms with Crippen LogP contribution in [0.2, 0.25) is 0 Å². The summed E-state index contributed by atoms with van der Waals surface area (Å²) in [6.45, 7) is 5.20. The number of nitrogens with zero attached hydrogens (tertiary/aromatic N) is 3. The zero-order valence-electron chi connectivity index (χ0n) is 17.1. The number of hydrogen-bond donors (Lipinski definition) is 0. The third kappa shape index (κ3) is 5.12. The quantitative estimate of drug-likeness (QED) is 0.778. The lowest BCUT2D eigenvalue weighted by atomic mass is 9.85. The molecule has 2 atom stereocenters. The van der Waals surface area contributed by atoms with E-state index in [4.69, 9.17) is 4.74 Å². The summed E-state index contributed by atoms with van der Waals surface area (Å²) in [4.78, 5) is 21.8. The van der Waals surface area contributed by atoms with E-state index in [1.165, 1.54) is 37.7 Å². The van der Waals surface area contributed by atoms with Gasteiger partial charge in [0.15, 0.2) is 0 Å². The van der Waals surface area contributed by atoms with Gasteiger partial charge in [-0.15, -0.1) is 0 Å². The Morgan fingerprint density at radius 3 is 2.89 bits per heavy atom. The summed E-state index contributed by atoms with van der Waals surface area (Å²) < 4.78 is 5.92. The maximum atomic E-state index is 12.8. The molecule has 0 N–H and O–H groups in total. The summed E-state index contributed by atoms with van der Waals surface area (Å²) in [7, 11) is 0. The molecule has 3 fully saturated rings. The van der Waals surface area contributed by atoms with Crippen molar-refractivity contribution >= 4 is 5.91 Å². The topological polar surface area (TPSA) is 45.7 Å². The molecule has 0 aromatic carbocycles. The molecule has 0 unspecified atom stereocenters. The molecule has 3 aliphatic rings. The van der Waals surface area contributed by atoms with Crippen molar-refractivity contribution in [3.8, 4) is 0 Å². The van der Waals surface area contributed by atoms with Crippen molar-refractivity contribution in [3.63, 3.8) is 0 Å². The van der Waals surface area contributed by atoms with Gasteiger partial charge < -0.3 is 9.64 Å². The third-order valence-electron chi connectivity index (χ3n) is 6.97. The van der Waals surface area contributed by atoms with Crippen LogP contribution in [-0.4, -0.2) is 59.6 Å². The molecule has 1 aromatic heterocycles. The van der Waals surface area contributed by atoms with Gasteiger partial charge in [0, 0.05) is 57.0 Å². The van der Waals surface area contributed by atoms with Crippen LogP contribution in [0.3, 0.4) is 0 Å². The molecule has 0 bridgehead atoms. The summed E-state index contributed by atoms with van der Waals surface area (Å²) in [5.74, 6) is 1.57. The van der Waals surface area contributed by atoms with E-state index in [0.717, 1.165) is 64.6 Å². The fraction of sp³-hybridized carbons (Fsp3) is 0.739. The highest BCUT2D eigenvalue weighted by atomic mass is 16.5. The Kier molecular flexibility index (Phi) is 6.97. The van der Waals surface area contributed by atoms with Crippen LogP contribution < -0.4 is 0 Å². The highest BCUT2D eigenvalue weighted by Crippen LogP contribution is 2.29. The minimum atomic E-state index is 0.368.